The van der Waals surface area contributed by atoms with Crippen molar-refractivity contribution < 1.29 is 0 Å². The molecule has 1 unspecified atom stereocenters. The molecule has 3 N–H and O–H groups in total. The molecule has 0 bridgehead atoms. The van der Waals surface area contributed by atoms with E-state index < -0.39 is 0 Å². The highest BCUT2D eigenvalue weighted by atomic mass is 79.9. The van der Waals surface area contributed by atoms with Gasteiger partial charge in [0.05, 0.1) is 6.33 Å². The van der Waals surface area contributed by atoms with Gasteiger partial charge in [-0.25, -0.2) is 4.98 Å². The lowest BCUT2D eigenvalue weighted by Gasteiger charge is -2.30. The number of nitrogens with two attached hydrogens (primary N) is 1. The van der Waals surface area contributed by atoms with Gasteiger partial charge >= 0.3 is 0 Å². The first-order chi connectivity index (χ1) is 8.24. The van der Waals surface area contributed by atoms with E-state index in [4.69, 9.17) is 5.73 Å². The van der Waals surface area contributed by atoms with Gasteiger partial charge in [-0.05, 0) is 28.8 Å². The van der Waals surface area contributed by atoms with E-state index in [1.165, 1.54) is 19.2 Å². The number of aromatic nitrogens is 2. The van der Waals surface area contributed by atoms with Crippen molar-refractivity contribution in [1.29, 1.82) is 0 Å². The summed E-state index contributed by atoms with van der Waals surface area (Å²) in [6, 6.07) is 0.281. The normalized spacial score (nSPS) is 21.3. The van der Waals surface area contributed by atoms with Crippen molar-refractivity contribution in [2.24, 2.45) is 5.73 Å². The van der Waals surface area contributed by atoms with Crippen LogP contribution in [0.15, 0.2) is 15.6 Å². The SMILES string of the molecule is NCC1CCCCCN1c1nc[nH]c(=O)c1Br. The molecule has 0 amide bonds. The number of H-pyrrole nitrogens is 1. The Morgan fingerprint density at radius 1 is 1.53 bits per heavy atom. The molecule has 2 rings (SSSR count). The summed E-state index contributed by atoms with van der Waals surface area (Å²) in [6.45, 7) is 1.51. The van der Waals surface area contributed by atoms with Gasteiger partial charge in [0.2, 0.25) is 0 Å². The molecule has 1 aromatic rings. The number of anilines is 1. The Labute approximate surface area is 109 Å². The van der Waals surface area contributed by atoms with Crippen molar-refractivity contribution >= 4 is 21.7 Å². The lowest BCUT2D eigenvalue weighted by molar-refractivity contribution is 0.574. The Morgan fingerprint density at radius 2 is 2.35 bits per heavy atom. The maximum atomic E-state index is 11.6. The molecule has 5 nitrogen and oxygen atoms in total. The maximum absolute atomic E-state index is 11.6. The molecule has 0 saturated carbocycles. The average molecular weight is 301 g/mol. The first-order valence-electron chi connectivity index (χ1n) is 5.94. The standard InChI is InChI=1S/C11H17BrN4O/c12-9-10(14-7-15-11(9)17)16-5-3-1-2-4-8(16)6-13/h7-8H,1-6,13H2,(H,14,15,17). The summed E-state index contributed by atoms with van der Waals surface area (Å²) in [5.41, 5.74) is 5.67. The summed E-state index contributed by atoms with van der Waals surface area (Å²) in [6.07, 6.45) is 6.04. The first kappa shape index (κ1) is 12.6. The van der Waals surface area contributed by atoms with Gasteiger partial charge in [0.1, 0.15) is 4.47 Å². The van der Waals surface area contributed by atoms with Crippen LogP contribution in [0.1, 0.15) is 25.7 Å². The van der Waals surface area contributed by atoms with Crippen molar-refractivity contribution in [3.8, 4) is 0 Å². The van der Waals surface area contributed by atoms with Gasteiger partial charge in [-0.3, -0.25) is 4.79 Å². The second-order valence-electron chi connectivity index (χ2n) is 4.30. The van der Waals surface area contributed by atoms with Crippen LogP contribution >= 0.6 is 15.9 Å². The molecule has 0 aliphatic carbocycles. The molecule has 0 spiro atoms. The third kappa shape index (κ3) is 2.69. The number of nitrogens with one attached hydrogen (secondary N) is 1. The highest BCUT2D eigenvalue weighted by molar-refractivity contribution is 9.10. The Balaban J connectivity index is 2.35. The van der Waals surface area contributed by atoms with Crippen molar-refractivity contribution in [3.63, 3.8) is 0 Å². The molecule has 6 heteroatoms. The van der Waals surface area contributed by atoms with E-state index >= 15 is 0 Å². The number of nitrogens with zero attached hydrogens (tertiary/aromatic N) is 2. The van der Waals surface area contributed by atoms with Crippen LogP contribution in [-0.4, -0.2) is 29.1 Å². The number of halogens is 1. The van der Waals surface area contributed by atoms with Crippen LogP contribution in [-0.2, 0) is 0 Å². The largest absolute Gasteiger partial charge is 0.351 e. The summed E-state index contributed by atoms with van der Waals surface area (Å²) >= 11 is 3.31. The van der Waals surface area contributed by atoms with Crippen molar-refractivity contribution in [3.05, 3.63) is 21.2 Å². The van der Waals surface area contributed by atoms with Crippen molar-refractivity contribution in [1.82, 2.24) is 9.97 Å². The van der Waals surface area contributed by atoms with E-state index in [0.717, 1.165) is 19.4 Å². The van der Waals surface area contributed by atoms with Crippen LogP contribution in [0.5, 0.6) is 0 Å². The number of aromatic amines is 1. The summed E-state index contributed by atoms with van der Waals surface area (Å²) < 4.78 is 0.500. The second kappa shape index (κ2) is 5.64. The number of hydrogen-bond acceptors (Lipinski definition) is 4. The van der Waals surface area contributed by atoms with Crippen LogP contribution in [0.3, 0.4) is 0 Å². The van der Waals surface area contributed by atoms with E-state index in [1.807, 2.05) is 0 Å². The fourth-order valence-electron chi connectivity index (χ4n) is 2.28. The Hall–Kier alpha value is -0.880. The van der Waals surface area contributed by atoms with Gasteiger partial charge < -0.3 is 15.6 Å². The number of hydrogen-bond donors (Lipinski definition) is 2. The zero-order valence-electron chi connectivity index (χ0n) is 9.66. The molecule has 1 atom stereocenters. The van der Waals surface area contributed by atoms with Crippen molar-refractivity contribution in [2.75, 3.05) is 18.0 Å². The minimum Gasteiger partial charge on any atom is -0.351 e. The summed E-state index contributed by atoms with van der Waals surface area (Å²) in [5.74, 6) is 0.714. The molecule has 1 aliphatic rings. The Bertz CT molecular complexity index is 434. The van der Waals surface area contributed by atoms with Crippen LogP contribution in [0, 0.1) is 0 Å². The fourth-order valence-corrected chi connectivity index (χ4v) is 2.72. The highest BCUT2D eigenvalue weighted by Gasteiger charge is 2.23. The van der Waals surface area contributed by atoms with E-state index in [1.54, 1.807) is 0 Å². The third-order valence-electron chi connectivity index (χ3n) is 3.20. The van der Waals surface area contributed by atoms with E-state index in [2.05, 4.69) is 30.8 Å². The zero-order valence-corrected chi connectivity index (χ0v) is 11.2. The molecule has 17 heavy (non-hydrogen) atoms. The summed E-state index contributed by atoms with van der Waals surface area (Å²) in [4.78, 5) is 20.5. The van der Waals surface area contributed by atoms with Crippen LogP contribution in [0.25, 0.3) is 0 Å². The van der Waals surface area contributed by atoms with Gasteiger partial charge in [-0.2, -0.15) is 0 Å². The van der Waals surface area contributed by atoms with Crippen LogP contribution in [0.4, 0.5) is 5.82 Å². The molecule has 0 radical (unpaired) electrons. The molecule has 1 aliphatic heterocycles. The Kier molecular flexibility index (Phi) is 4.17. The van der Waals surface area contributed by atoms with Crippen LogP contribution < -0.4 is 16.2 Å². The van der Waals surface area contributed by atoms with Gasteiger partial charge in [0.15, 0.2) is 5.82 Å². The molecular weight excluding hydrogens is 284 g/mol. The predicted molar refractivity (Wildman–Crippen MR) is 71.2 cm³/mol. The van der Waals surface area contributed by atoms with Crippen molar-refractivity contribution in [2.45, 2.75) is 31.7 Å². The molecular formula is C11H17BrN4O. The van der Waals surface area contributed by atoms with E-state index in [9.17, 15) is 4.79 Å². The smallest absolute Gasteiger partial charge is 0.267 e. The maximum Gasteiger partial charge on any atom is 0.267 e. The molecule has 1 aromatic heterocycles. The first-order valence-corrected chi connectivity index (χ1v) is 6.73. The predicted octanol–water partition coefficient (Wildman–Crippen LogP) is 1.24. The molecule has 2 heterocycles. The number of rotatable bonds is 2. The van der Waals surface area contributed by atoms with Gasteiger partial charge in [0.25, 0.3) is 5.56 Å². The fraction of sp³-hybridized carbons (Fsp3) is 0.636. The zero-order chi connectivity index (χ0) is 12.3. The quantitative estimate of drug-likeness (QED) is 0.862. The minimum absolute atomic E-state index is 0.144. The highest BCUT2D eigenvalue weighted by Crippen LogP contribution is 2.25. The summed E-state index contributed by atoms with van der Waals surface area (Å²) in [5, 5.41) is 0. The lowest BCUT2D eigenvalue weighted by atomic mass is 10.1. The van der Waals surface area contributed by atoms with Gasteiger partial charge in [-0.15, -0.1) is 0 Å². The molecule has 1 fully saturated rings. The molecule has 1 saturated heterocycles. The van der Waals surface area contributed by atoms with Gasteiger partial charge in [0, 0.05) is 19.1 Å². The van der Waals surface area contributed by atoms with E-state index in [0.29, 0.717) is 16.8 Å². The monoisotopic (exact) mass is 300 g/mol. The third-order valence-corrected chi connectivity index (χ3v) is 3.91. The second-order valence-corrected chi connectivity index (χ2v) is 5.09. The van der Waals surface area contributed by atoms with Gasteiger partial charge in [-0.1, -0.05) is 12.8 Å². The molecule has 0 aromatic carbocycles. The topological polar surface area (TPSA) is 75.0 Å². The Morgan fingerprint density at radius 3 is 3.12 bits per heavy atom. The summed E-state index contributed by atoms with van der Waals surface area (Å²) in [7, 11) is 0. The molecule has 94 valence electrons. The minimum atomic E-state index is -0.144. The average Bonchev–Trinajstić information content (AvgIpc) is 2.57. The van der Waals surface area contributed by atoms with E-state index in [-0.39, 0.29) is 11.6 Å². The lowest BCUT2D eigenvalue weighted by Crippen LogP contribution is -2.41. The van der Waals surface area contributed by atoms with Crippen LogP contribution in [0.2, 0.25) is 0 Å².